The third kappa shape index (κ3) is 4.43. The van der Waals surface area contributed by atoms with Crippen molar-refractivity contribution in [1.29, 1.82) is 0 Å². The highest BCUT2D eigenvalue weighted by Gasteiger charge is 2.27. The van der Waals surface area contributed by atoms with Crippen LogP contribution in [-0.2, 0) is 6.54 Å². The topological polar surface area (TPSA) is 70.2 Å². The van der Waals surface area contributed by atoms with Gasteiger partial charge in [0.15, 0.2) is 0 Å². The summed E-state index contributed by atoms with van der Waals surface area (Å²) in [6.45, 7) is 4.85. The van der Waals surface area contributed by atoms with Gasteiger partial charge in [-0.2, -0.15) is 0 Å². The fraction of sp³-hybridized carbons (Fsp3) is 0.458. The van der Waals surface area contributed by atoms with Gasteiger partial charge in [-0.1, -0.05) is 43.2 Å². The molecule has 6 nitrogen and oxygen atoms in total. The number of nitrogens with one attached hydrogen (secondary N) is 2. The van der Waals surface area contributed by atoms with Crippen molar-refractivity contribution in [2.45, 2.75) is 57.7 Å². The van der Waals surface area contributed by atoms with Crippen molar-refractivity contribution in [3.8, 4) is 0 Å². The van der Waals surface area contributed by atoms with Gasteiger partial charge in [0.25, 0.3) is 5.91 Å². The van der Waals surface area contributed by atoms with Gasteiger partial charge < -0.3 is 10.6 Å². The maximum absolute atomic E-state index is 13.1. The molecule has 1 atom stereocenters. The van der Waals surface area contributed by atoms with Crippen LogP contribution >= 0.6 is 11.3 Å². The van der Waals surface area contributed by atoms with Crippen LogP contribution in [0.15, 0.2) is 36.7 Å². The predicted molar refractivity (Wildman–Crippen MR) is 126 cm³/mol. The highest BCUT2D eigenvalue weighted by Crippen LogP contribution is 2.34. The second-order valence-corrected chi connectivity index (χ2v) is 9.76. The van der Waals surface area contributed by atoms with Crippen molar-refractivity contribution in [3.63, 3.8) is 0 Å². The molecular weight excluding hydrogens is 406 g/mol. The number of carbonyl (C=O) groups excluding carboxylic acids is 1. The molecule has 1 saturated heterocycles. The molecule has 3 aromatic rings. The number of likely N-dealkylation sites (tertiary alicyclic amines) is 1. The first-order chi connectivity index (χ1) is 15.2. The average Bonchev–Trinajstić information content (AvgIpc) is 3.51. The highest BCUT2D eigenvalue weighted by molar-refractivity contribution is 7.20. The van der Waals surface area contributed by atoms with Crippen LogP contribution in [0.3, 0.4) is 0 Å². The molecule has 2 aromatic heterocycles. The van der Waals surface area contributed by atoms with E-state index in [9.17, 15) is 4.79 Å². The first kappa shape index (κ1) is 20.4. The minimum absolute atomic E-state index is 0.0128. The van der Waals surface area contributed by atoms with Crippen LogP contribution in [-0.4, -0.2) is 45.9 Å². The summed E-state index contributed by atoms with van der Waals surface area (Å²) in [6.07, 6.45) is 7.49. The largest absolute Gasteiger partial charge is 0.367 e. The lowest BCUT2D eigenvalue weighted by Gasteiger charge is -2.16. The quantitative estimate of drug-likeness (QED) is 0.602. The molecule has 162 valence electrons. The summed E-state index contributed by atoms with van der Waals surface area (Å²) in [7, 11) is 0. The second kappa shape index (κ2) is 8.93. The third-order valence-corrected chi connectivity index (χ3v) is 7.68. The molecule has 1 aliphatic heterocycles. The number of carbonyl (C=O) groups is 1. The Morgan fingerprint density at radius 1 is 1.13 bits per heavy atom. The normalized spacial score (nSPS) is 19.8. The number of rotatable bonds is 6. The van der Waals surface area contributed by atoms with Crippen molar-refractivity contribution >= 4 is 33.3 Å². The van der Waals surface area contributed by atoms with Gasteiger partial charge in [-0.05, 0) is 37.3 Å². The fourth-order valence-electron chi connectivity index (χ4n) is 4.85. The van der Waals surface area contributed by atoms with E-state index in [2.05, 4.69) is 49.8 Å². The Kier molecular flexibility index (Phi) is 5.87. The zero-order valence-electron chi connectivity index (χ0n) is 17.9. The van der Waals surface area contributed by atoms with E-state index in [1.807, 2.05) is 13.0 Å². The lowest BCUT2D eigenvalue weighted by atomic mass is 10.1. The molecule has 31 heavy (non-hydrogen) atoms. The number of aryl methyl sites for hydroxylation is 1. The Morgan fingerprint density at radius 3 is 2.74 bits per heavy atom. The zero-order chi connectivity index (χ0) is 21.2. The van der Waals surface area contributed by atoms with E-state index in [1.54, 1.807) is 6.33 Å². The summed E-state index contributed by atoms with van der Waals surface area (Å²) >= 11 is 1.47. The number of aromatic nitrogens is 2. The van der Waals surface area contributed by atoms with Crippen LogP contribution in [0, 0.1) is 6.92 Å². The third-order valence-electron chi connectivity index (χ3n) is 6.49. The average molecular weight is 436 g/mol. The maximum Gasteiger partial charge on any atom is 0.261 e. The number of benzene rings is 1. The van der Waals surface area contributed by atoms with Gasteiger partial charge in [0, 0.05) is 31.7 Å². The number of fused-ring (bicyclic) bond motifs is 1. The van der Waals surface area contributed by atoms with Gasteiger partial charge in [0.2, 0.25) is 0 Å². The summed E-state index contributed by atoms with van der Waals surface area (Å²) in [5, 5.41) is 7.86. The van der Waals surface area contributed by atoms with E-state index in [0.717, 1.165) is 52.5 Å². The molecule has 2 N–H and O–H groups in total. The highest BCUT2D eigenvalue weighted by atomic mass is 32.1. The van der Waals surface area contributed by atoms with Gasteiger partial charge in [-0.3, -0.25) is 9.69 Å². The van der Waals surface area contributed by atoms with Gasteiger partial charge >= 0.3 is 0 Å². The van der Waals surface area contributed by atoms with Crippen molar-refractivity contribution < 1.29 is 4.79 Å². The molecule has 5 rings (SSSR count). The summed E-state index contributed by atoms with van der Waals surface area (Å²) < 4.78 is 0. The lowest BCUT2D eigenvalue weighted by Crippen LogP contribution is -2.36. The van der Waals surface area contributed by atoms with Gasteiger partial charge in [0.1, 0.15) is 17.0 Å². The molecule has 1 saturated carbocycles. The van der Waals surface area contributed by atoms with Crippen molar-refractivity contribution in [2.75, 3.05) is 18.4 Å². The van der Waals surface area contributed by atoms with E-state index >= 15 is 0 Å². The SMILES string of the molecule is Cc1c(C(=O)NC2CCN(Cc3ccccc3)C2)sc2ncnc(NC3CCCC3)c12. The van der Waals surface area contributed by atoms with Crippen molar-refractivity contribution in [3.05, 3.63) is 52.7 Å². The smallest absolute Gasteiger partial charge is 0.261 e. The van der Waals surface area contributed by atoms with E-state index in [1.165, 1.54) is 42.6 Å². The van der Waals surface area contributed by atoms with Crippen molar-refractivity contribution in [1.82, 2.24) is 20.2 Å². The van der Waals surface area contributed by atoms with E-state index in [4.69, 9.17) is 0 Å². The maximum atomic E-state index is 13.1. The van der Waals surface area contributed by atoms with Gasteiger partial charge in [-0.25, -0.2) is 9.97 Å². The summed E-state index contributed by atoms with van der Waals surface area (Å²) in [5.74, 6) is 0.887. The van der Waals surface area contributed by atoms with Gasteiger partial charge in [-0.15, -0.1) is 11.3 Å². The van der Waals surface area contributed by atoms with E-state index in [-0.39, 0.29) is 11.9 Å². The summed E-state index contributed by atoms with van der Waals surface area (Å²) in [6, 6.07) is 11.2. The molecular formula is C24H29N5OS. The number of nitrogens with zero attached hydrogens (tertiary/aromatic N) is 3. The van der Waals surface area contributed by atoms with Crippen LogP contribution in [0.1, 0.15) is 52.9 Å². The molecule has 2 fully saturated rings. The lowest BCUT2D eigenvalue weighted by molar-refractivity contribution is 0.0941. The zero-order valence-corrected chi connectivity index (χ0v) is 18.8. The number of amides is 1. The monoisotopic (exact) mass is 435 g/mol. The molecule has 2 aliphatic rings. The first-order valence-corrected chi connectivity index (χ1v) is 12.1. The minimum Gasteiger partial charge on any atom is -0.367 e. The second-order valence-electron chi connectivity index (χ2n) is 8.76. The molecule has 3 heterocycles. The molecule has 1 amide bonds. The molecule has 1 unspecified atom stereocenters. The number of hydrogen-bond acceptors (Lipinski definition) is 6. The Hall–Kier alpha value is -2.51. The van der Waals surface area contributed by atoms with Crippen LogP contribution in [0.4, 0.5) is 5.82 Å². The van der Waals surface area contributed by atoms with Crippen LogP contribution in [0.5, 0.6) is 0 Å². The summed E-state index contributed by atoms with van der Waals surface area (Å²) in [5.41, 5.74) is 2.30. The molecule has 0 bridgehead atoms. The predicted octanol–water partition coefficient (Wildman–Crippen LogP) is 4.36. The van der Waals surface area contributed by atoms with Crippen LogP contribution in [0.2, 0.25) is 0 Å². The molecule has 1 aromatic carbocycles. The molecule has 7 heteroatoms. The van der Waals surface area contributed by atoms with Crippen molar-refractivity contribution in [2.24, 2.45) is 0 Å². The number of anilines is 1. The molecule has 0 spiro atoms. The number of thiophene rings is 1. The Morgan fingerprint density at radius 2 is 1.94 bits per heavy atom. The first-order valence-electron chi connectivity index (χ1n) is 11.2. The summed E-state index contributed by atoms with van der Waals surface area (Å²) in [4.78, 5) is 26.1. The Labute approximate surface area is 187 Å². The minimum atomic E-state index is 0.0128. The van der Waals surface area contributed by atoms with Gasteiger partial charge in [0.05, 0.1) is 10.3 Å². The van der Waals surface area contributed by atoms with E-state index in [0.29, 0.717) is 6.04 Å². The standard InChI is InChI=1S/C24H29N5OS/c1-16-20-22(27-18-9-5-6-10-18)25-15-26-24(20)31-21(16)23(30)28-19-11-12-29(14-19)13-17-7-3-2-4-8-17/h2-4,7-8,15,18-19H,5-6,9-14H2,1H3,(H,28,30)(H,25,26,27). The van der Waals surface area contributed by atoms with E-state index < -0.39 is 0 Å². The Bertz CT molecular complexity index is 1060. The van der Waals surface area contributed by atoms with Crippen LogP contribution in [0.25, 0.3) is 10.2 Å². The molecule has 1 aliphatic carbocycles. The van der Waals surface area contributed by atoms with Crippen LogP contribution < -0.4 is 10.6 Å². The number of hydrogen-bond donors (Lipinski definition) is 2. The molecule has 0 radical (unpaired) electrons. The Balaban J connectivity index is 1.27. The fourth-order valence-corrected chi connectivity index (χ4v) is 5.90.